The third-order valence-corrected chi connectivity index (χ3v) is 4.74. The SMILES string of the molecule is COC(=O)c1cccc(OCCN2C(=O)N[C@](C)(c3ccc(C)cc3)C2=O)c1. The van der Waals surface area contributed by atoms with Crippen LogP contribution in [0.2, 0.25) is 0 Å². The van der Waals surface area contributed by atoms with Gasteiger partial charge < -0.3 is 14.8 Å². The second kappa shape index (κ2) is 7.72. The van der Waals surface area contributed by atoms with E-state index in [1.807, 2.05) is 31.2 Å². The lowest BCUT2D eigenvalue weighted by Crippen LogP contribution is -2.41. The number of aryl methyl sites for hydroxylation is 1. The molecule has 7 nitrogen and oxygen atoms in total. The zero-order valence-electron chi connectivity index (χ0n) is 16.0. The summed E-state index contributed by atoms with van der Waals surface area (Å²) < 4.78 is 10.3. The van der Waals surface area contributed by atoms with E-state index in [1.54, 1.807) is 31.2 Å². The molecule has 0 radical (unpaired) electrons. The van der Waals surface area contributed by atoms with Crippen LogP contribution in [-0.2, 0) is 15.1 Å². The van der Waals surface area contributed by atoms with E-state index >= 15 is 0 Å². The summed E-state index contributed by atoms with van der Waals surface area (Å²) in [5, 5.41) is 2.77. The molecule has 1 atom stereocenters. The number of urea groups is 1. The minimum Gasteiger partial charge on any atom is -0.492 e. The number of nitrogens with zero attached hydrogens (tertiary/aromatic N) is 1. The van der Waals surface area contributed by atoms with E-state index in [-0.39, 0.29) is 19.1 Å². The van der Waals surface area contributed by atoms with Crippen LogP contribution >= 0.6 is 0 Å². The number of amides is 3. The third kappa shape index (κ3) is 3.69. The van der Waals surface area contributed by atoms with E-state index < -0.39 is 17.5 Å². The second-order valence-corrected chi connectivity index (χ2v) is 6.75. The van der Waals surface area contributed by atoms with Crippen LogP contribution < -0.4 is 10.1 Å². The van der Waals surface area contributed by atoms with E-state index in [9.17, 15) is 14.4 Å². The molecule has 146 valence electrons. The summed E-state index contributed by atoms with van der Waals surface area (Å²) in [5.74, 6) is -0.335. The van der Waals surface area contributed by atoms with Crippen molar-refractivity contribution in [3.05, 3.63) is 65.2 Å². The molecule has 0 unspecified atom stereocenters. The number of carbonyl (C=O) groups excluding carboxylic acids is 3. The predicted molar refractivity (Wildman–Crippen MR) is 102 cm³/mol. The van der Waals surface area contributed by atoms with Gasteiger partial charge in [-0.05, 0) is 37.6 Å². The molecule has 1 aliphatic heterocycles. The Morgan fingerprint density at radius 2 is 1.86 bits per heavy atom. The molecule has 0 bridgehead atoms. The van der Waals surface area contributed by atoms with Crippen molar-refractivity contribution in [1.82, 2.24) is 10.2 Å². The highest BCUT2D eigenvalue weighted by molar-refractivity contribution is 6.07. The van der Waals surface area contributed by atoms with Crippen LogP contribution in [0.3, 0.4) is 0 Å². The molecular weight excluding hydrogens is 360 g/mol. The van der Waals surface area contributed by atoms with Crippen LogP contribution in [0.25, 0.3) is 0 Å². The molecule has 0 saturated carbocycles. The van der Waals surface area contributed by atoms with Gasteiger partial charge in [-0.2, -0.15) is 0 Å². The van der Waals surface area contributed by atoms with Crippen molar-refractivity contribution in [2.45, 2.75) is 19.4 Å². The summed E-state index contributed by atoms with van der Waals surface area (Å²) in [6.07, 6.45) is 0. The number of imide groups is 1. The van der Waals surface area contributed by atoms with Crippen molar-refractivity contribution in [3.8, 4) is 5.75 Å². The largest absolute Gasteiger partial charge is 0.492 e. The van der Waals surface area contributed by atoms with E-state index in [0.717, 1.165) is 16.0 Å². The fourth-order valence-electron chi connectivity index (χ4n) is 3.07. The van der Waals surface area contributed by atoms with Crippen molar-refractivity contribution in [3.63, 3.8) is 0 Å². The van der Waals surface area contributed by atoms with Crippen LogP contribution in [0.4, 0.5) is 4.79 Å². The maximum Gasteiger partial charge on any atom is 0.337 e. The molecular formula is C21H22N2O5. The number of rotatable bonds is 6. The third-order valence-electron chi connectivity index (χ3n) is 4.74. The molecule has 0 aliphatic carbocycles. The first kappa shape index (κ1) is 19.4. The molecule has 2 aromatic rings. The van der Waals surface area contributed by atoms with E-state index in [2.05, 4.69) is 10.1 Å². The van der Waals surface area contributed by atoms with Gasteiger partial charge in [0.1, 0.15) is 17.9 Å². The van der Waals surface area contributed by atoms with Gasteiger partial charge >= 0.3 is 12.0 Å². The number of methoxy groups -OCH3 is 1. The average Bonchev–Trinajstić information content (AvgIpc) is 2.92. The number of nitrogens with one attached hydrogen (secondary N) is 1. The van der Waals surface area contributed by atoms with Gasteiger partial charge in [0.2, 0.25) is 0 Å². The van der Waals surface area contributed by atoms with E-state index in [4.69, 9.17) is 4.74 Å². The first-order valence-electron chi connectivity index (χ1n) is 8.87. The summed E-state index contributed by atoms with van der Waals surface area (Å²) in [6.45, 7) is 3.85. The van der Waals surface area contributed by atoms with Crippen molar-refractivity contribution in [2.24, 2.45) is 0 Å². The summed E-state index contributed by atoms with van der Waals surface area (Å²) in [6, 6.07) is 13.5. The summed E-state index contributed by atoms with van der Waals surface area (Å²) in [4.78, 5) is 37.9. The lowest BCUT2D eigenvalue weighted by atomic mass is 9.91. The Hall–Kier alpha value is -3.35. The average molecular weight is 382 g/mol. The van der Waals surface area contributed by atoms with Gasteiger partial charge in [-0.25, -0.2) is 9.59 Å². The first-order valence-corrected chi connectivity index (χ1v) is 8.87. The van der Waals surface area contributed by atoms with Crippen molar-refractivity contribution in [1.29, 1.82) is 0 Å². The molecule has 1 aliphatic rings. The van der Waals surface area contributed by atoms with Crippen LogP contribution in [0.15, 0.2) is 48.5 Å². The lowest BCUT2D eigenvalue weighted by molar-refractivity contribution is -0.131. The van der Waals surface area contributed by atoms with Crippen LogP contribution in [-0.4, -0.2) is 43.1 Å². The van der Waals surface area contributed by atoms with Gasteiger partial charge in [-0.15, -0.1) is 0 Å². The molecule has 3 amide bonds. The topological polar surface area (TPSA) is 84.9 Å². The molecule has 0 aromatic heterocycles. The van der Waals surface area contributed by atoms with E-state index in [1.165, 1.54) is 7.11 Å². The minimum atomic E-state index is -1.10. The summed E-state index contributed by atoms with van der Waals surface area (Å²) >= 11 is 0. The molecule has 2 aromatic carbocycles. The minimum absolute atomic E-state index is 0.0918. The number of ether oxygens (including phenoxy) is 2. The first-order chi connectivity index (χ1) is 13.3. The van der Waals surface area contributed by atoms with Gasteiger partial charge in [-0.3, -0.25) is 9.69 Å². The molecule has 1 heterocycles. The number of carbonyl (C=O) groups is 3. The Morgan fingerprint density at radius 3 is 2.54 bits per heavy atom. The molecule has 28 heavy (non-hydrogen) atoms. The highest BCUT2D eigenvalue weighted by Gasteiger charge is 2.48. The maximum absolute atomic E-state index is 12.9. The summed E-state index contributed by atoms with van der Waals surface area (Å²) in [5.41, 5.74) is 1.06. The van der Waals surface area contributed by atoms with Crippen LogP contribution in [0, 0.1) is 6.92 Å². The Balaban J connectivity index is 1.65. The molecule has 1 fully saturated rings. The molecule has 3 rings (SSSR count). The van der Waals surface area contributed by atoms with Gasteiger partial charge in [0.15, 0.2) is 0 Å². The smallest absolute Gasteiger partial charge is 0.337 e. The Kier molecular flexibility index (Phi) is 5.35. The standard InChI is InChI=1S/C21H22N2O5/c1-14-7-9-16(10-8-14)21(2)19(25)23(20(26)22-21)11-12-28-17-6-4-5-15(13-17)18(24)27-3/h4-10,13H,11-12H2,1-3H3,(H,22,26)/t21-/m1/s1. The Morgan fingerprint density at radius 1 is 1.14 bits per heavy atom. The number of hydrogen-bond acceptors (Lipinski definition) is 5. The maximum atomic E-state index is 12.9. The second-order valence-electron chi connectivity index (χ2n) is 6.75. The fraction of sp³-hybridized carbons (Fsp3) is 0.286. The number of esters is 1. The quantitative estimate of drug-likeness (QED) is 0.613. The monoisotopic (exact) mass is 382 g/mol. The molecule has 1 saturated heterocycles. The zero-order chi connectivity index (χ0) is 20.3. The highest BCUT2D eigenvalue weighted by Crippen LogP contribution is 2.29. The molecule has 0 spiro atoms. The van der Waals surface area contributed by atoms with Crippen LogP contribution in [0.5, 0.6) is 5.75 Å². The summed E-state index contributed by atoms with van der Waals surface area (Å²) in [7, 11) is 1.30. The van der Waals surface area contributed by atoms with Crippen molar-refractivity contribution < 1.29 is 23.9 Å². The van der Waals surface area contributed by atoms with Crippen LogP contribution in [0.1, 0.15) is 28.4 Å². The van der Waals surface area contributed by atoms with Crippen molar-refractivity contribution in [2.75, 3.05) is 20.3 Å². The number of hydrogen-bond donors (Lipinski definition) is 1. The molecule has 1 N–H and O–H groups in total. The predicted octanol–water partition coefficient (Wildman–Crippen LogP) is 2.63. The normalized spacial score (nSPS) is 18.8. The van der Waals surface area contributed by atoms with Gasteiger partial charge in [0.05, 0.1) is 19.2 Å². The Bertz CT molecular complexity index is 909. The number of benzene rings is 2. The highest BCUT2D eigenvalue weighted by atomic mass is 16.5. The fourth-order valence-corrected chi connectivity index (χ4v) is 3.07. The van der Waals surface area contributed by atoms with E-state index in [0.29, 0.717) is 11.3 Å². The van der Waals surface area contributed by atoms with Gasteiger partial charge in [-0.1, -0.05) is 35.9 Å². The van der Waals surface area contributed by atoms with Crippen molar-refractivity contribution >= 4 is 17.9 Å². The Labute approximate surface area is 163 Å². The lowest BCUT2D eigenvalue weighted by Gasteiger charge is -2.22. The van der Waals surface area contributed by atoms with Gasteiger partial charge in [0, 0.05) is 0 Å². The zero-order valence-corrected chi connectivity index (χ0v) is 16.0. The van der Waals surface area contributed by atoms with Gasteiger partial charge in [0.25, 0.3) is 5.91 Å². The molecule has 7 heteroatoms.